The lowest BCUT2D eigenvalue weighted by Crippen LogP contribution is -2.29. The molecule has 2 rings (SSSR count). The third kappa shape index (κ3) is 3.83. The van der Waals surface area contributed by atoms with Gasteiger partial charge in [-0.1, -0.05) is 13.8 Å². The second-order valence-corrected chi connectivity index (χ2v) is 6.96. The van der Waals surface area contributed by atoms with E-state index in [9.17, 15) is 9.59 Å². The normalized spacial score (nSPS) is 35.9. The van der Waals surface area contributed by atoms with Crippen molar-refractivity contribution in [2.24, 2.45) is 23.7 Å². The fourth-order valence-corrected chi connectivity index (χ4v) is 3.98. The smallest absolute Gasteiger partial charge is 0.302 e. The van der Waals surface area contributed by atoms with Crippen LogP contribution < -0.4 is 0 Å². The van der Waals surface area contributed by atoms with Crippen molar-refractivity contribution in [1.29, 1.82) is 0 Å². The van der Waals surface area contributed by atoms with Crippen LogP contribution in [0.4, 0.5) is 0 Å². The first kappa shape index (κ1) is 15.5. The fraction of sp³-hybridized carbons (Fsp3) is 0.882. The van der Waals surface area contributed by atoms with E-state index < -0.39 is 0 Å². The predicted octanol–water partition coefficient (Wildman–Crippen LogP) is 3.75. The summed E-state index contributed by atoms with van der Waals surface area (Å²) in [5, 5.41) is 0. The van der Waals surface area contributed by atoms with Crippen LogP contribution in [-0.4, -0.2) is 17.9 Å². The van der Waals surface area contributed by atoms with E-state index in [1.54, 1.807) is 0 Å². The van der Waals surface area contributed by atoms with Crippen LogP contribution in [0.25, 0.3) is 0 Å². The lowest BCUT2D eigenvalue weighted by atomic mass is 9.73. The summed E-state index contributed by atoms with van der Waals surface area (Å²) in [4.78, 5) is 23.0. The van der Waals surface area contributed by atoms with E-state index in [0.29, 0.717) is 23.5 Å². The van der Waals surface area contributed by atoms with Crippen LogP contribution in [0.2, 0.25) is 0 Å². The molecule has 0 saturated heterocycles. The summed E-state index contributed by atoms with van der Waals surface area (Å²) >= 11 is 0. The molecule has 2 saturated carbocycles. The van der Waals surface area contributed by atoms with Crippen molar-refractivity contribution < 1.29 is 14.3 Å². The third-order valence-electron chi connectivity index (χ3n) is 5.37. The van der Waals surface area contributed by atoms with Gasteiger partial charge in [0, 0.05) is 19.3 Å². The maximum atomic E-state index is 11.9. The molecule has 0 amide bonds. The summed E-state index contributed by atoms with van der Waals surface area (Å²) in [6.07, 6.45) is 7.54. The molecule has 0 bridgehead atoms. The van der Waals surface area contributed by atoms with Gasteiger partial charge in [0.1, 0.15) is 11.9 Å². The minimum absolute atomic E-state index is 0.119. The van der Waals surface area contributed by atoms with Crippen molar-refractivity contribution in [3.8, 4) is 0 Å². The number of carbonyl (C=O) groups excluding carboxylic acids is 2. The Morgan fingerprint density at radius 1 is 1.30 bits per heavy atom. The molecular formula is C17H28O3. The van der Waals surface area contributed by atoms with Gasteiger partial charge in [0.05, 0.1) is 0 Å². The van der Waals surface area contributed by atoms with Gasteiger partial charge in [0.25, 0.3) is 0 Å². The highest BCUT2D eigenvalue weighted by Gasteiger charge is 2.34. The molecule has 0 unspecified atom stereocenters. The van der Waals surface area contributed by atoms with E-state index in [1.165, 1.54) is 19.8 Å². The molecule has 5 atom stereocenters. The molecular weight excluding hydrogens is 252 g/mol. The number of hydrogen-bond acceptors (Lipinski definition) is 3. The van der Waals surface area contributed by atoms with Crippen LogP contribution in [-0.2, 0) is 14.3 Å². The van der Waals surface area contributed by atoms with Crippen molar-refractivity contribution in [3.05, 3.63) is 0 Å². The number of ether oxygens (including phenoxy) is 1. The van der Waals surface area contributed by atoms with Crippen LogP contribution in [0.3, 0.4) is 0 Å². The van der Waals surface area contributed by atoms with Gasteiger partial charge in [-0.25, -0.2) is 0 Å². The number of esters is 1. The molecule has 2 aliphatic carbocycles. The largest absolute Gasteiger partial charge is 0.462 e. The molecule has 3 nitrogen and oxygen atoms in total. The topological polar surface area (TPSA) is 43.4 Å². The number of ketones is 1. The standard InChI is InChI=1S/C17H28O3/c1-11-7-8-14(10-16(11)19)12(2)9-15-5-4-6-17(15)20-13(3)18/h11-12,14-15,17H,4-10H2,1-3H3/t11-,12-,14-,15+,17+/m1/s1. The summed E-state index contributed by atoms with van der Waals surface area (Å²) in [5.41, 5.74) is 0. The second-order valence-electron chi connectivity index (χ2n) is 6.96. The molecule has 114 valence electrons. The Kier molecular flexibility index (Phi) is 5.22. The average Bonchev–Trinajstić information content (AvgIpc) is 2.79. The average molecular weight is 280 g/mol. The first-order valence-corrected chi connectivity index (χ1v) is 8.17. The van der Waals surface area contributed by atoms with Gasteiger partial charge in [0.2, 0.25) is 0 Å². The highest BCUT2D eigenvalue weighted by atomic mass is 16.5. The van der Waals surface area contributed by atoms with Gasteiger partial charge in [0.15, 0.2) is 0 Å². The molecule has 2 fully saturated rings. The molecule has 0 aromatic heterocycles. The molecule has 20 heavy (non-hydrogen) atoms. The Balaban J connectivity index is 1.85. The maximum absolute atomic E-state index is 11.9. The molecule has 3 heteroatoms. The predicted molar refractivity (Wildman–Crippen MR) is 78.2 cm³/mol. The van der Waals surface area contributed by atoms with E-state index in [2.05, 4.69) is 13.8 Å². The zero-order valence-corrected chi connectivity index (χ0v) is 13.1. The van der Waals surface area contributed by atoms with E-state index >= 15 is 0 Å². The van der Waals surface area contributed by atoms with Crippen LogP contribution in [0, 0.1) is 23.7 Å². The van der Waals surface area contributed by atoms with Gasteiger partial charge >= 0.3 is 5.97 Å². The number of rotatable bonds is 4. The van der Waals surface area contributed by atoms with Crippen molar-refractivity contribution in [2.45, 2.75) is 71.8 Å². The minimum atomic E-state index is -0.156. The van der Waals surface area contributed by atoms with Gasteiger partial charge in [-0.15, -0.1) is 0 Å². The molecule has 0 N–H and O–H groups in total. The van der Waals surface area contributed by atoms with E-state index in [1.807, 2.05) is 0 Å². The van der Waals surface area contributed by atoms with Crippen LogP contribution in [0.5, 0.6) is 0 Å². The van der Waals surface area contributed by atoms with E-state index in [-0.39, 0.29) is 18.0 Å². The summed E-state index contributed by atoms with van der Waals surface area (Å²) in [6, 6.07) is 0. The Hall–Kier alpha value is -0.860. The van der Waals surface area contributed by atoms with Crippen molar-refractivity contribution in [1.82, 2.24) is 0 Å². The van der Waals surface area contributed by atoms with E-state index in [0.717, 1.165) is 32.1 Å². The lowest BCUT2D eigenvalue weighted by Gasteiger charge is -2.32. The quantitative estimate of drug-likeness (QED) is 0.737. The molecule has 0 heterocycles. The highest BCUT2D eigenvalue weighted by molar-refractivity contribution is 5.81. The SMILES string of the molecule is CC(=O)O[C@H]1CCC[C@H]1C[C@@H](C)[C@@H]1CC[C@@H](C)C(=O)C1. The monoisotopic (exact) mass is 280 g/mol. The van der Waals surface area contributed by atoms with Gasteiger partial charge in [-0.2, -0.15) is 0 Å². The zero-order valence-electron chi connectivity index (χ0n) is 13.1. The van der Waals surface area contributed by atoms with Gasteiger partial charge in [-0.3, -0.25) is 9.59 Å². The molecule has 0 aromatic carbocycles. The number of carbonyl (C=O) groups is 2. The zero-order chi connectivity index (χ0) is 14.7. The van der Waals surface area contributed by atoms with Gasteiger partial charge < -0.3 is 4.74 Å². The fourth-order valence-electron chi connectivity index (χ4n) is 3.98. The van der Waals surface area contributed by atoms with Crippen LogP contribution >= 0.6 is 0 Å². The summed E-state index contributed by atoms with van der Waals surface area (Å²) in [5.74, 6) is 2.15. The Morgan fingerprint density at radius 2 is 2.05 bits per heavy atom. The van der Waals surface area contributed by atoms with Crippen molar-refractivity contribution in [3.63, 3.8) is 0 Å². The Labute approximate surface area is 122 Å². The molecule has 0 radical (unpaired) electrons. The molecule has 2 aliphatic rings. The number of Topliss-reactive ketones (excluding diaryl/α,β-unsaturated/α-hetero) is 1. The first-order chi connectivity index (χ1) is 9.47. The lowest BCUT2D eigenvalue weighted by molar-refractivity contribution is -0.148. The first-order valence-electron chi connectivity index (χ1n) is 8.17. The highest BCUT2D eigenvalue weighted by Crippen LogP contribution is 2.39. The maximum Gasteiger partial charge on any atom is 0.302 e. The van der Waals surface area contributed by atoms with Crippen molar-refractivity contribution >= 4 is 11.8 Å². The summed E-state index contributed by atoms with van der Waals surface area (Å²) < 4.78 is 5.44. The third-order valence-corrected chi connectivity index (χ3v) is 5.37. The summed E-state index contributed by atoms with van der Waals surface area (Å²) in [6.45, 7) is 5.83. The van der Waals surface area contributed by atoms with Crippen LogP contribution in [0.1, 0.15) is 65.7 Å². The minimum Gasteiger partial charge on any atom is -0.462 e. The van der Waals surface area contributed by atoms with Gasteiger partial charge in [-0.05, 0) is 56.3 Å². The second kappa shape index (κ2) is 6.73. The number of hydrogen-bond donors (Lipinski definition) is 0. The molecule has 0 aliphatic heterocycles. The Bertz CT molecular complexity index is 363. The van der Waals surface area contributed by atoms with E-state index in [4.69, 9.17) is 4.74 Å². The Morgan fingerprint density at radius 3 is 2.70 bits per heavy atom. The molecule has 0 spiro atoms. The van der Waals surface area contributed by atoms with Crippen molar-refractivity contribution in [2.75, 3.05) is 0 Å². The van der Waals surface area contributed by atoms with Crippen LogP contribution in [0.15, 0.2) is 0 Å². The summed E-state index contributed by atoms with van der Waals surface area (Å²) in [7, 11) is 0. The molecule has 0 aromatic rings.